The number of nitrogens with one attached hydrogen (secondary N) is 1. The standard InChI is InChI=1S/C21H21F3N6O2/c1-3-4-10-29-16-17(26-19(29)28-11-8-25-9-12-28)30(20(32)27(2)18(16)31)15-7-5-6-14(13-15)21(22,23)24/h5-7,13,25H,8-12H2,1-2H3. The second kappa shape index (κ2) is 8.20. The van der Waals surface area contributed by atoms with Crippen LogP contribution in [0.2, 0.25) is 0 Å². The molecule has 0 spiro atoms. The molecule has 0 radical (unpaired) electrons. The van der Waals surface area contributed by atoms with Gasteiger partial charge in [-0.2, -0.15) is 18.2 Å². The maximum absolute atomic E-state index is 13.3. The average molecular weight is 446 g/mol. The Hall–Kier alpha value is -3.52. The van der Waals surface area contributed by atoms with Crippen LogP contribution in [0.1, 0.15) is 12.5 Å². The number of rotatable bonds is 3. The number of nitrogens with zero attached hydrogens (tertiary/aromatic N) is 5. The first-order valence-electron chi connectivity index (χ1n) is 9.99. The first-order valence-corrected chi connectivity index (χ1v) is 9.99. The minimum Gasteiger partial charge on any atom is -0.340 e. The van der Waals surface area contributed by atoms with Gasteiger partial charge in [-0.05, 0) is 25.1 Å². The van der Waals surface area contributed by atoms with E-state index in [1.165, 1.54) is 19.2 Å². The van der Waals surface area contributed by atoms with Crippen LogP contribution in [-0.2, 0) is 19.8 Å². The predicted octanol–water partition coefficient (Wildman–Crippen LogP) is 1.34. The van der Waals surface area contributed by atoms with Crippen LogP contribution in [0, 0.1) is 11.8 Å². The van der Waals surface area contributed by atoms with Gasteiger partial charge in [0.25, 0.3) is 5.56 Å². The maximum atomic E-state index is 13.3. The molecule has 1 aliphatic heterocycles. The van der Waals surface area contributed by atoms with E-state index in [2.05, 4.69) is 22.1 Å². The summed E-state index contributed by atoms with van der Waals surface area (Å²) in [5.41, 5.74) is -2.17. The molecule has 0 saturated carbocycles. The molecule has 0 aliphatic carbocycles. The molecule has 3 heterocycles. The summed E-state index contributed by atoms with van der Waals surface area (Å²) in [7, 11) is 1.29. The number of benzene rings is 1. The highest BCUT2D eigenvalue weighted by molar-refractivity contribution is 5.76. The zero-order chi connectivity index (χ0) is 23.0. The molecule has 32 heavy (non-hydrogen) atoms. The number of anilines is 1. The summed E-state index contributed by atoms with van der Waals surface area (Å²) in [6, 6.07) is 4.41. The zero-order valence-corrected chi connectivity index (χ0v) is 17.5. The molecule has 0 bridgehead atoms. The van der Waals surface area contributed by atoms with Gasteiger partial charge < -0.3 is 10.2 Å². The molecule has 1 aliphatic rings. The van der Waals surface area contributed by atoms with Crippen LogP contribution < -0.4 is 21.5 Å². The van der Waals surface area contributed by atoms with Gasteiger partial charge in [-0.25, -0.2) is 9.36 Å². The second-order valence-corrected chi connectivity index (χ2v) is 7.36. The Labute approximate surface area is 180 Å². The Morgan fingerprint density at radius 1 is 1.19 bits per heavy atom. The van der Waals surface area contributed by atoms with Crippen molar-refractivity contribution in [2.45, 2.75) is 19.6 Å². The SMILES string of the molecule is CC#CCn1c(N2CCNCC2)nc2c1c(=O)n(C)c(=O)n2-c1cccc(C(F)(F)F)c1. The molecule has 168 valence electrons. The normalized spacial score (nSPS) is 14.5. The Bertz CT molecular complexity index is 1350. The molecular weight excluding hydrogens is 425 g/mol. The van der Waals surface area contributed by atoms with Gasteiger partial charge in [0.15, 0.2) is 11.2 Å². The summed E-state index contributed by atoms with van der Waals surface area (Å²) < 4.78 is 43.5. The van der Waals surface area contributed by atoms with Crippen LogP contribution in [0.3, 0.4) is 0 Å². The molecule has 8 nitrogen and oxygen atoms in total. The Kier molecular flexibility index (Phi) is 5.56. The maximum Gasteiger partial charge on any atom is 0.416 e. The number of alkyl halides is 3. The molecule has 1 aromatic carbocycles. The van der Waals surface area contributed by atoms with Crippen LogP contribution in [-0.4, -0.2) is 44.9 Å². The van der Waals surface area contributed by atoms with Crippen molar-refractivity contribution in [1.82, 2.24) is 24.0 Å². The number of imidazole rings is 1. The number of hydrogen-bond acceptors (Lipinski definition) is 5. The summed E-state index contributed by atoms with van der Waals surface area (Å²) in [4.78, 5) is 32.6. The lowest BCUT2D eigenvalue weighted by molar-refractivity contribution is -0.137. The van der Waals surface area contributed by atoms with Crippen molar-refractivity contribution in [3.63, 3.8) is 0 Å². The number of fused-ring (bicyclic) bond motifs is 1. The third kappa shape index (κ3) is 3.67. The van der Waals surface area contributed by atoms with Gasteiger partial charge in [0.2, 0.25) is 5.95 Å². The lowest BCUT2D eigenvalue weighted by Crippen LogP contribution is -2.44. The second-order valence-electron chi connectivity index (χ2n) is 7.36. The Balaban J connectivity index is 2.06. The van der Waals surface area contributed by atoms with Gasteiger partial charge in [-0.1, -0.05) is 12.0 Å². The van der Waals surface area contributed by atoms with E-state index < -0.39 is 23.0 Å². The van der Waals surface area contributed by atoms with E-state index >= 15 is 0 Å². The molecule has 11 heteroatoms. The van der Waals surface area contributed by atoms with E-state index in [1.54, 1.807) is 11.5 Å². The van der Waals surface area contributed by atoms with Crippen LogP contribution in [0.5, 0.6) is 0 Å². The quantitative estimate of drug-likeness (QED) is 0.615. The van der Waals surface area contributed by atoms with Gasteiger partial charge in [-0.15, -0.1) is 5.92 Å². The van der Waals surface area contributed by atoms with Crippen LogP contribution in [0.25, 0.3) is 16.9 Å². The molecule has 0 amide bonds. The average Bonchev–Trinajstić information content (AvgIpc) is 3.15. The summed E-state index contributed by atoms with van der Waals surface area (Å²) in [6.07, 6.45) is -4.58. The molecule has 0 atom stereocenters. The molecule has 4 rings (SSSR count). The van der Waals surface area contributed by atoms with Crippen molar-refractivity contribution in [3.8, 4) is 17.5 Å². The lowest BCUT2D eigenvalue weighted by Gasteiger charge is -2.28. The van der Waals surface area contributed by atoms with Crippen LogP contribution in [0.15, 0.2) is 33.9 Å². The van der Waals surface area contributed by atoms with Gasteiger partial charge in [-0.3, -0.25) is 13.9 Å². The van der Waals surface area contributed by atoms with E-state index in [9.17, 15) is 22.8 Å². The Morgan fingerprint density at radius 3 is 2.56 bits per heavy atom. The number of hydrogen-bond donors (Lipinski definition) is 1. The molecule has 2 aromatic heterocycles. The molecule has 1 fully saturated rings. The topological polar surface area (TPSA) is 77.1 Å². The Morgan fingerprint density at radius 2 is 1.91 bits per heavy atom. The van der Waals surface area contributed by atoms with Crippen molar-refractivity contribution >= 4 is 17.1 Å². The molecular formula is C21H21F3N6O2. The molecule has 0 unspecified atom stereocenters. The molecule has 1 N–H and O–H groups in total. The minimum atomic E-state index is -4.58. The fraction of sp³-hybridized carbons (Fsp3) is 0.381. The van der Waals surface area contributed by atoms with Gasteiger partial charge in [0, 0.05) is 33.2 Å². The summed E-state index contributed by atoms with van der Waals surface area (Å²) in [5.74, 6) is 6.15. The highest BCUT2D eigenvalue weighted by Crippen LogP contribution is 2.31. The van der Waals surface area contributed by atoms with Gasteiger partial charge in [0.05, 0.1) is 17.8 Å². The van der Waals surface area contributed by atoms with E-state index in [0.717, 1.165) is 21.3 Å². The van der Waals surface area contributed by atoms with Crippen LogP contribution in [0.4, 0.5) is 19.1 Å². The van der Waals surface area contributed by atoms with Crippen molar-refractivity contribution in [2.75, 3.05) is 31.1 Å². The number of aromatic nitrogens is 4. The van der Waals surface area contributed by atoms with Crippen molar-refractivity contribution in [1.29, 1.82) is 0 Å². The highest BCUT2D eigenvalue weighted by Gasteiger charge is 2.31. The van der Waals surface area contributed by atoms with E-state index in [0.29, 0.717) is 32.1 Å². The van der Waals surface area contributed by atoms with Gasteiger partial charge in [0.1, 0.15) is 0 Å². The lowest BCUT2D eigenvalue weighted by atomic mass is 10.2. The van der Waals surface area contributed by atoms with E-state index in [4.69, 9.17) is 0 Å². The van der Waals surface area contributed by atoms with Gasteiger partial charge >= 0.3 is 11.9 Å². The first-order chi connectivity index (χ1) is 15.2. The minimum absolute atomic E-state index is 0.00357. The zero-order valence-electron chi connectivity index (χ0n) is 17.5. The van der Waals surface area contributed by atoms with Crippen molar-refractivity contribution in [3.05, 3.63) is 50.7 Å². The first kappa shape index (κ1) is 21.7. The third-order valence-electron chi connectivity index (χ3n) is 5.37. The fourth-order valence-electron chi connectivity index (χ4n) is 3.75. The van der Waals surface area contributed by atoms with Crippen LogP contribution >= 0.6 is 0 Å². The summed E-state index contributed by atoms with van der Waals surface area (Å²) >= 11 is 0. The summed E-state index contributed by atoms with van der Waals surface area (Å²) in [5, 5.41) is 3.23. The number of halogens is 3. The number of piperazine rings is 1. The molecule has 3 aromatic rings. The molecule has 1 saturated heterocycles. The largest absolute Gasteiger partial charge is 0.416 e. The third-order valence-corrected chi connectivity index (χ3v) is 5.37. The summed E-state index contributed by atoms with van der Waals surface area (Å²) in [6.45, 7) is 4.48. The monoisotopic (exact) mass is 446 g/mol. The predicted molar refractivity (Wildman–Crippen MR) is 114 cm³/mol. The smallest absolute Gasteiger partial charge is 0.340 e. The van der Waals surface area contributed by atoms with Crippen molar-refractivity contribution < 1.29 is 13.2 Å². The fourth-order valence-corrected chi connectivity index (χ4v) is 3.75. The van der Waals surface area contributed by atoms with Crippen molar-refractivity contribution in [2.24, 2.45) is 7.05 Å². The van der Waals surface area contributed by atoms with E-state index in [-0.39, 0.29) is 23.4 Å². The highest BCUT2D eigenvalue weighted by atomic mass is 19.4. The van der Waals surface area contributed by atoms with E-state index in [1.807, 2.05) is 4.90 Å².